The summed E-state index contributed by atoms with van der Waals surface area (Å²) in [6.45, 7) is 4.79. The Labute approximate surface area is 164 Å². The van der Waals surface area contributed by atoms with Gasteiger partial charge in [-0.3, -0.25) is 14.5 Å². The van der Waals surface area contributed by atoms with Gasteiger partial charge in [0.05, 0.1) is 13.2 Å². The van der Waals surface area contributed by atoms with Crippen LogP contribution in [0.1, 0.15) is 33.5 Å². The first kappa shape index (κ1) is 18.7. The minimum Gasteiger partial charge on any atom is -0.379 e. The average Bonchev–Trinajstić information content (AvgIpc) is 2.73. The number of nitrogens with zero attached hydrogens (tertiary/aromatic N) is 1. The van der Waals surface area contributed by atoms with Crippen LogP contribution in [0.15, 0.2) is 42.5 Å². The van der Waals surface area contributed by atoms with Gasteiger partial charge in [-0.05, 0) is 41.3 Å². The molecule has 2 aromatic rings. The number of fused-ring (bicyclic) bond motifs is 1. The molecule has 2 aliphatic heterocycles. The minimum atomic E-state index is -0.0964. The molecule has 0 bridgehead atoms. The topological polar surface area (TPSA) is 70.7 Å². The Morgan fingerprint density at radius 3 is 2.68 bits per heavy atom. The van der Waals surface area contributed by atoms with Crippen molar-refractivity contribution in [1.29, 1.82) is 0 Å². The molecule has 0 saturated carbocycles. The lowest BCUT2D eigenvalue weighted by Crippen LogP contribution is -2.36. The number of benzene rings is 2. The highest BCUT2D eigenvalue weighted by atomic mass is 16.5. The number of amides is 2. The molecule has 2 aromatic carbocycles. The van der Waals surface area contributed by atoms with Gasteiger partial charge in [-0.2, -0.15) is 0 Å². The summed E-state index contributed by atoms with van der Waals surface area (Å²) < 4.78 is 5.42. The van der Waals surface area contributed by atoms with E-state index in [0.29, 0.717) is 24.9 Å². The van der Waals surface area contributed by atoms with Crippen LogP contribution in [0.5, 0.6) is 0 Å². The summed E-state index contributed by atoms with van der Waals surface area (Å²) in [5.74, 6) is -0.0672. The molecule has 0 spiro atoms. The molecular weight excluding hydrogens is 354 g/mol. The second kappa shape index (κ2) is 8.54. The number of hydrogen-bond donors (Lipinski definition) is 2. The van der Waals surface area contributed by atoms with Gasteiger partial charge >= 0.3 is 0 Å². The van der Waals surface area contributed by atoms with Crippen molar-refractivity contribution < 1.29 is 14.3 Å². The van der Waals surface area contributed by atoms with Crippen molar-refractivity contribution in [3.05, 3.63) is 64.7 Å². The van der Waals surface area contributed by atoms with Crippen LogP contribution in [0.3, 0.4) is 0 Å². The first-order valence-corrected chi connectivity index (χ1v) is 9.77. The van der Waals surface area contributed by atoms with Gasteiger partial charge < -0.3 is 15.4 Å². The molecule has 146 valence electrons. The first-order valence-electron chi connectivity index (χ1n) is 9.77. The fraction of sp³-hybridized carbons (Fsp3) is 0.364. The lowest BCUT2D eigenvalue weighted by Gasteiger charge is -2.27. The van der Waals surface area contributed by atoms with Gasteiger partial charge in [0, 0.05) is 43.9 Å². The Bertz CT molecular complexity index is 875. The van der Waals surface area contributed by atoms with Gasteiger partial charge in [0.15, 0.2) is 0 Å². The second-order valence-corrected chi connectivity index (χ2v) is 7.26. The summed E-state index contributed by atoms with van der Waals surface area (Å²) in [5, 5.41) is 5.88. The Morgan fingerprint density at radius 1 is 1.07 bits per heavy atom. The fourth-order valence-corrected chi connectivity index (χ4v) is 3.69. The zero-order chi connectivity index (χ0) is 19.3. The van der Waals surface area contributed by atoms with Crippen LogP contribution in [0.2, 0.25) is 0 Å². The molecule has 28 heavy (non-hydrogen) atoms. The van der Waals surface area contributed by atoms with E-state index in [1.54, 1.807) is 6.07 Å². The van der Waals surface area contributed by atoms with Gasteiger partial charge in [0.25, 0.3) is 5.91 Å². The number of hydrogen-bond acceptors (Lipinski definition) is 4. The SMILES string of the molecule is O=C1CCc2cc(C(=O)NCc3ccccc3CN3CCOCC3)ccc2N1. The summed E-state index contributed by atoms with van der Waals surface area (Å²) >= 11 is 0. The van der Waals surface area contributed by atoms with E-state index in [1.807, 2.05) is 24.3 Å². The number of ether oxygens (including phenoxy) is 1. The third-order valence-electron chi connectivity index (χ3n) is 5.32. The van der Waals surface area contributed by atoms with Crippen molar-refractivity contribution in [3.63, 3.8) is 0 Å². The number of morpholine rings is 1. The van der Waals surface area contributed by atoms with Crippen LogP contribution in [-0.2, 0) is 29.0 Å². The van der Waals surface area contributed by atoms with Crippen molar-refractivity contribution in [1.82, 2.24) is 10.2 Å². The molecule has 0 radical (unpaired) electrons. The van der Waals surface area contributed by atoms with E-state index < -0.39 is 0 Å². The highest BCUT2D eigenvalue weighted by Gasteiger charge is 2.17. The number of nitrogens with one attached hydrogen (secondary N) is 2. The van der Waals surface area contributed by atoms with E-state index in [9.17, 15) is 9.59 Å². The smallest absolute Gasteiger partial charge is 0.251 e. The maximum atomic E-state index is 12.6. The molecule has 0 aliphatic carbocycles. The largest absolute Gasteiger partial charge is 0.379 e. The molecular formula is C22H25N3O3. The monoisotopic (exact) mass is 379 g/mol. The molecule has 0 aromatic heterocycles. The van der Waals surface area contributed by atoms with E-state index in [4.69, 9.17) is 4.74 Å². The van der Waals surface area contributed by atoms with E-state index in [0.717, 1.165) is 49.7 Å². The number of aryl methyl sites for hydroxylation is 1. The molecule has 1 fully saturated rings. The summed E-state index contributed by atoms with van der Waals surface area (Å²) in [5.41, 5.74) is 4.81. The minimum absolute atomic E-state index is 0.0292. The molecule has 2 amide bonds. The van der Waals surface area contributed by atoms with E-state index >= 15 is 0 Å². The standard InChI is InChI=1S/C22H25N3O3/c26-21-8-6-16-13-17(5-7-20(16)24-21)22(27)23-14-18-3-1-2-4-19(18)15-25-9-11-28-12-10-25/h1-5,7,13H,6,8-12,14-15H2,(H,23,27)(H,24,26). The summed E-state index contributed by atoms with van der Waals surface area (Å²) in [7, 11) is 0. The Hall–Kier alpha value is -2.70. The molecule has 0 atom stereocenters. The van der Waals surface area contributed by atoms with E-state index in [2.05, 4.69) is 27.7 Å². The fourth-order valence-electron chi connectivity index (χ4n) is 3.69. The summed E-state index contributed by atoms with van der Waals surface area (Å²) in [4.78, 5) is 26.5. The maximum absolute atomic E-state index is 12.6. The van der Waals surface area contributed by atoms with Gasteiger partial charge in [-0.1, -0.05) is 24.3 Å². The van der Waals surface area contributed by atoms with Crippen LogP contribution in [-0.4, -0.2) is 43.0 Å². The van der Waals surface area contributed by atoms with Crippen molar-refractivity contribution in [3.8, 4) is 0 Å². The molecule has 6 nitrogen and oxygen atoms in total. The van der Waals surface area contributed by atoms with E-state index in [-0.39, 0.29) is 11.8 Å². The van der Waals surface area contributed by atoms with Crippen LogP contribution in [0.4, 0.5) is 5.69 Å². The van der Waals surface area contributed by atoms with Crippen molar-refractivity contribution in [2.75, 3.05) is 31.6 Å². The highest BCUT2D eigenvalue weighted by Crippen LogP contribution is 2.23. The van der Waals surface area contributed by atoms with Gasteiger partial charge in [-0.25, -0.2) is 0 Å². The number of rotatable bonds is 5. The van der Waals surface area contributed by atoms with Crippen molar-refractivity contribution >= 4 is 17.5 Å². The molecule has 0 unspecified atom stereocenters. The third-order valence-corrected chi connectivity index (χ3v) is 5.32. The summed E-state index contributed by atoms with van der Waals surface area (Å²) in [6.07, 6.45) is 1.14. The van der Waals surface area contributed by atoms with Crippen LogP contribution < -0.4 is 10.6 Å². The van der Waals surface area contributed by atoms with Gasteiger partial charge in [-0.15, -0.1) is 0 Å². The molecule has 2 heterocycles. The summed E-state index contributed by atoms with van der Waals surface area (Å²) in [6, 6.07) is 13.7. The predicted octanol–water partition coefficient (Wildman–Crippen LogP) is 2.33. The number of anilines is 1. The van der Waals surface area contributed by atoms with E-state index in [1.165, 1.54) is 5.56 Å². The number of carbonyl (C=O) groups excluding carboxylic acids is 2. The quantitative estimate of drug-likeness (QED) is 0.837. The molecule has 2 aliphatic rings. The van der Waals surface area contributed by atoms with Crippen LogP contribution >= 0.6 is 0 Å². The molecule has 4 rings (SSSR count). The average molecular weight is 379 g/mol. The molecule has 6 heteroatoms. The molecule has 2 N–H and O–H groups in total. The maximum Gasteiger partial charge on any atom is 0.251 e. The van der Waals surface area contributed by atoms with Crippen LogP contribution in [0.25, 0.3) is 0 Å². The zero-order valence-electron chi connectivity index (χ0n) is 15.9. The molecule has 1 saturated heterocycles. The second-order valence-electron chi connectivity index (χ2n) is 7.26. The lowest BCUT2D eigenvalue weighted by atomic mass is 10.00. The predicted molar refractivity (Wildman–Crippen MR) is 107 cm³/mol. The Balaban J connectivity index is 1.40. The van der Waals surface area contributed by atoms with Gasteiger partial charge in [0.1, 0.15) is 0 Å². The normalized spacial score (nSPS) is 16.9. The first-order chi connectivity index (χ1) is 13.7. The Kier molecular flexibility index (Phi) is 5.69. The lowest BCUT2D eigenvalue weighted by molar-refractivity contribution is -0.116. The van der Waals surface area contributed by atoms with Crippen molar-refractivity contribution in [2.45, 2.75) is 25.9 Å². The van der Waals surface area contributed by atoms with Crippen molar-refractivity contribution in [2.24, 2.45) is 0 Å². The highest BCUT2D eigenvalue weighted by molar-refractivity contribution is 5.97. The Morgan fingerprint density at radius 2 is 1.86 bits per heavy atom. The zero-order valence-corrected chi connectivity index (χ0v) is 15.9. The van der Waals surface area contributed by atoms with Crippen LogP contribution in [0, 0.1) is 0 Å². The number of carbonyl (C=O) groups is 2. The third kappa shape index (κ3) is 4.40. The van der Waals surface area contributed by atoms with Gasteiger partial charge in [0.2, 0.25) is 5.91 Å².